The Morgan fingerprint density at radius 3 is 3.00 bits per heavy atom. The van der Waals surface area contributed by atoms with E-state index < -0.39 is 0 Å². The van der Waals surface area contributed by atoms with E-state index in [-0.39, 0.29) is 0 Å². The number of allylic oxidation sites excluding steroid dienone is 2. The van der Waals surface area contributed by atoms with Crippen molar-refractivity contribution < 1.29 is 0 Å². The van der Waals surface area contributed by atoms with Crippen LogP contribution < -0.4 is 5.43 Å². The summed E-state index contributed by atoms with van der Waals surface area (Å²) in [5.41, 5.74) is 7.11. The first-order valence-electron chi connectivity index (χ1n) is 8.25. The number of anilines is 1. The van der Waals surface area contributed by atoms with Gasteiger partial charge in [0.15, 0.2) is 5.65 Å². The van der Waals surface area contributed by atoms with Gasteiger partial charge in [-0.15, -0.1) is 10.2 Å². The van der Waals surface area contributed by atoms with Crippen LogP contribution in [-0.4, -0.2) is 26.0 Å². The SMILES string of the molecule is CC1=CC[C@H](/C=N\Nc2nnc3c4ccccc4n(C)c3n2)CC1. The maximum atomic E-state index is 4.56. The Kier molecular flexibility index (Phi) is 3.72. The number of rotatable bonds is 3. The molecule has 0 fully saturated rings. The van der Waals surface area contributed by atoms with Crippen molar-refractivity contribution in [3.8, 4) is 0 Å². The summed E-state index contributed by atoms with van der Waals surface area (Å²) in [4.78, 5) is 4.56. The van der Waals surface area contributed by atoms with E-state index >= 15 is 0 Å². The van der Waals surface area contributed by atoms with Crippen molar-refractivity contribution in [3.05, 3.63) is 35.9 Å². The number of aromatic nitrogens is 4. The lowest BCUT2D eigenvalue weighted by Crippen LogP contribution is -2.08. The van der Waals surface area contributed by atoms with Gasteiger partial charge in [0.25, 0.3) is 5.95 Å². The van der Waals surface area contributed by atoms with E-state index in [1.54, 1.807) is 0 Å². The topological polar surface area (TPSA) is 68.0 Å². The van der Waals surface area contributed by atoms with E-state index in [0.29, 0.717) is 11.9 Å². The molecule has 2 aromatic heterocycles. The van der Waals surface area contributed by atoms with Crippen LogP contribution in [0.4, 0.5) is 5.95 Å². The summed E-state index contributed by atoms with van der Waals surface area (Å²) in [5, 5.41) is 13.8. The number of fused-ring (bicyclic) bond motifs is 3. The third-order valence-electron chi connectivity index (χ3n) is 4.63. The van der Waals surface area contributed by atoms with Crippen molar-refractivity contribution in [3.63, 3.8) is 0 Å². The Morgan fingerprint density at radius 1 is 1.29 bits per heavy atom. The molecule has 122 valence electrons. The van der Waals surface area contributed by atoms with Gasteiger partial charge in [0.05, 0.1) is 5.52 Å². The molecule has 0 amide bonds. The smallest absolute Gasteiger partial charge is 0.265 e. The second-order valence-electron chi connectivity index (χ2n) is 6.36. The minimum absolute atomic E-state index is 0.423. The molecular formula is C18H20N6. The van der Waals surface area contributed by atoms with Crippen molar-refractivity contribution >= 4 is 34.2 Å². The van der Waals surface area contributed by atoms with E-state index in [9.17, 15) is 0 Å². The second-order valence-corrected chi connectivity index (χ2v) is 6.36. The van der Waals surface area contributed by atoms with Crippen molar-refractivity contribution in [2.24, 2.45) is 18.1 Å². The first kappa shape index (κ1) is 14.8. The minimum atomic E-state index is 0.423. The van der Waals surface area contributed by atoms with Crippen LogP contribution in [0, 0.1) is 5.92 Å². The molecule has 24 heavy (non-hydrogen) atoms. The molecule has 0 spiro atoms. The van der Waals surface area contributed by atoms with Gasteiger partial charge in [-0.1, -0.05) is 29.8 Å². The average Bonchev–Trinajstić information content (AvgIpc) is 2.90. The van der Waals surface area contributed by atoms with Gasteiger partial charge in [-0.05, 0) is 38.2 Å². The highest BCUT2D eigenvalue weighted by atomic mass is 15.4. The number of hydrazone groups is 1. The standard InChI is InChI=1S/C18H20N6/c1-12-7-9-13(10-8-12)11-19-22-18-20-17-16(21-23-18)14-5-3-4-6-15(14)24(17)2/h3-7,11,13H,8-10H2,1-2H3,(H,20,22,23)/b19-11-/t13-/m0/s1. The number of hydrogen-bond acceptors (Lipinski definition) is 5. The third kappa shape index (κ3) is 2.64. The molecule has 4 rings (SSSR count). The summed E-state index contributed by atoms with van der Waals surface area (Å²) in [6.45, 7) is 2.18. The highest BCUT2D eigenvalue weighted by Gasteiger charge is 2.12. The van der Waals surface area contributed by atoms with Gasteiger partial charge in [0.2, 0.25) is 0 Å². The van der Waals surface area contributed by atoms with E-state index in [1.165, 1.54) is 5.57 Å². The molecule has 2 heterocycles. The first-order valence-corrected chi connectivity index (χ1v) is 8.25. The van der Waals surface area contributed by atoms with E-state index in [4.69, 9.17) is 0 Å². The molecule has 1 aromatic carbocycles. The van der Waals surface area contributed by atoms with Crippen molar-refractivity contribution in [1.29, 1.82) is 0 Å². The Labute approximate surface area is 140 Å². The molecule has 1 atom stereocenters. The molecule has 3 aromatic rings. The predicted molar refractivity (Wildman–Crippen MR) is 97.0 cm³/mol. The van der Waals surface area contributed by atoms with Crippen LogP contribution in [0.2, 0.25) is 0 Å². The molecule has 0 saturated carbocycles. The van der Waals surface area contributed by atoms with Gasteiger partial charge in [-0.2, -0.15) is 10.1 Å². The molecule has 0 saturated heterocycles. The van der Waals surface area contributed by atoms with Crippen LogP contribution in [0.5, 0.6) is 0 Å². The zero-order valence-corrected chi connectivity index (χ0v) is 13.9. The molecule has 1 aliphatic rings. The highest BCUT2D eigenvalue weighted by molar-refractivity contribution is 6.04. The largest absolute Gasteiger partial charge is 0.327 e. The minimum Gasteiger partial charge on any atom is -0.327 e. The van der Waals surface area contributed by atoms with Crippen LogP contribution in [0.1, 0.15) is 26.2 Å². The van der Waals surface area contributed by atoms with Crippen LogP contribution in [0.15, 0.2) is 41.0 Å². The fourth-order valence-electron chi connectivity index (χ4n) is 3.18. The van der Waals surface area contributed by atoms with Gasteiger partial charge in [0.1, 0.15) is 5.52 Å². The summed E-state index contributed by atoms with van der Waals surface area (Å²) < 4.78 is 2.03. The lowest BCUT2D eigenvalue weighted by molar-refractivity contribution is 0.607. The number of aryl methyl sites for hydroxylation is 1. The molecule has 1 N–H and O–H groups in total. The zero-order valence-electron chi connectivity index (χ0n) is 13.9. The number of para-hydroxylation sites is 1. The van der Waals surface area contributed by atoms with Crippen LogP contribution in [-0.2, 0) is 7.05 Å². The van der Waals surface area contributed by atoms with E-state index in [2.05, 4.69) is 44.8 Å². The van der Waals surface area contributed by atoms with Gasteiger partial charge in [-0.3, -0.25) is 0 Å². The first-order chi connectivity index (χ1) is 11.7. The number of benzene rings is 1. The zero-order chi connectivity index (χ0) is 16.5. The lowest BCUT2D eigenvalue weighted by atomic mass is 9.91. The second kappa shape index (κ2) is 6.03. The van der Waals surface area contributed by atoms with Crippen molar-refractivity contribution in [1.82, 2.24) is 19.7 Å². The Hall–Kier alpha value is -2.76. The molecule has 0 unspecified atom stereocenters. The van der Waals surface area contributed by atoms with Gasteiger partial charge < -0.3 is 4.57 Å². The maximum absolute atomic E-state index is 4.56. The number of nitrogens with one attached hydrogen (secondary N) is 1. The summed E-state index contributed by atoms with van der Waals surface area (Å²) in [7, 11) is 1.99. The Balaban J connectivity index is 1.57. The molecule has 0 radical (unpaired) electrons. The fraction of sp³-hybridized carbons (Fsp3) is 0.333. The van der Waals surface area contributed by atoms with E-state index in [0.717, 1.165) is 41.3 Å². The Morgan fingerprint density at radius 2 is 2.17 bits per heavy atom. The predicted octanol–water partition coefficient (Wildman–Crippen LogP) is 3.66. The average molecular weight is 320 g/mol. The van der Waals surface area contributed by atoms with Gasteiger partial charge in [-0.25, -0.2) is 5.43 Å². The van der Waals surface area contributed by atoms with Crippen LogP contribution in [0.25, 0.3) is 22.1 Å². The van der Waals surface area contributed by atoms with Crippen LogP contribution >= 0.6 is 0 Å². The third-order valence-corrected chi connectivity index (χ3v) is 4.63. The summed E-state index contributed by atoms with van der Waals surface area (Å²) in [5.74, 6) is 0.905. The normalized spacial score (nSPS) is 18.4. The number of nitrogens with zero attached hydrogens (tertiary/aromatic N) is 5. The quantitative estimate of drug-likeness (QED) is 0.454. The van der Waals surface area contributed by atoms with Crippen molar-refractivity contribution in [2.45, 2.75) is 26.2 Å². The molecule has 0 aliphatic heterocycles. The lowest BCUT2D eigenvalue weighted by Gasteiger charge is -2.15. The molecule has 1 aliphatic carbocycles. The summed E-state index contributed by atoms with van der Waals surface area (Å²) >= 11 is 0. The number of hydrogen-bond donors (Lipinski definition) is 1. The van der Waals surface area contributed by atoms with Gasteiger partial charge >= 0.3 is 0 Å². The Bertz CT molecular complexity index is 953. The summed E-state index contributed by atoms with van der Waals surface area (Å²) in [6.07, 6.45) is 7.60. The van der Waals surface area contributed by atoms with Crippen molar-refractivity contribution in [2.75, 3.05) is 5.43 Å². The maximum Gasteiger partial charge on any atom is 0.265 e. The highest BCUT2D eigenvalue weighted by Crippen LogP contribution is 2.25. The van der Waals surface area contributed by atoms with E-state index in [1.807, 2.05) is 36.0 Å². The van der Waals surface area contributed by atoms with Crippen LogP contribution in [0.3, 0.4) is 0 Å². The molecule has 6 nitrogen and oxygen atoms in total. The van der Waals surface area contributed by atoms with Gasteiger partial charge in [0, 0.05) is 18.6 Å². The fourth-order valence-corrected chi connectivity index (χ4v) is 3.18. The molecule has 6 heteroatoms. The monoisotopic (exact) mass is 320 g/mol. The molecule has 0 bridgehead atoms. The molecular weight excluding hydrogens is 300 g/mol. The summed E-state index contributed by atoms with van der Waals surface area (Å²) in [6, 6.07) is 8.11.